The highest BCUT2D eigenvalue weighted by atomic mass is 32.1. The lowest BCUT2D eigenvalue weighted by atomic mass is 9.74. The molecule has 6 aromatic rings. The van der Waals surface area contributed by atoms with Gasteiger partial charge in [0.1, 0.15) is 0 Å². The number of nitrogens with zero attached hydrogens (tertiary/aromatic N) is 1. The standard InChI is InChI=1S/C35H32N2S/c1-23-12-8-9-15-29(23)35(3,4)30-22-28-27-19-18-26(21-32(27)36-31(28)20-24(30)2)37(25-13-6-5-7-14-25)33-16-10-11-17-34(33)38/h5-22,36,38H,1-4H3. The van der Waals surface area contributed by atoms with Crippen LogP contribution in [0.3, 0.4) is 0 Å². The van der Waals surface area contributed by atoms with Crippen molar-refractivity contribution >= 4 is 51.5 Å². The quantitative estimate of drug-likeness (QED) is 0.220. The average molecular weight is 513 g/mol. The lowest BCUT2D eigenvalue weighted by Crippen LogP contribution is -2.21. The highest BCUT2D eigenvalue weighted by Gasteiger charge is 2.27. The van der Waals surface area contributed by atoms with E-state index in [1.165, 1.54) is 38.5 Å². The van der Waals surface area contributed by atoms with Crippen LogP contribution in [0.15, 0.2) is 114 Å². The number of anilines is 3. The van der Waals surface area contributed by atoms with Gasteiger partial charge in [0.2, 0.25) is 0 Å². The normalized spacial score (nSPS) is 11.8. The van der Waals surface area contributed by atoms with Gasteiger partial charge >= 0.3 is 0 Å². The molecule has 0 unspecified atom stereocenters. The number of fused-ring (bicyclic) bond motifs is 3. The van der Waals surface area contributed by atoms with E-state index < -0.39 is 0 Å². The van der Waals surface area contributed by atoms with Crippen LogP contribution in [0.25, 0.3) is 21.8 Å². The lowest BCUT2D eigenvalue weighted by Gasteiger charge is -2.29. The summed E-state index contributed by atoms with van der Waals surface area (Å²) in [5.74, 6) is 0. The molecule has 0 aliphatic rings. The van der Waals surface area contributed by atoms with Gasteiger partial charge in [-0.05, 0) is 84.6 Å². The molecule has 0 atom stereocenters. The molecule has 6 rings (SSSR count). The van der Waals surface area contributed by atoms with Crippen molar-refractivity contribution in [3.05, 3.63) is 131 Å². The third kappa shape index (κ3) is 4.08. The molecule has 0 saturated heterocycles. The van der Waals surface area contributed by atoms with Gasteiger partial charge in [-0.15, -0.1) is 12.6 Å². The number of nitrogens with one attached hydrogen (secondary N) is 1. The molecule has 0 spiro atoms. The minimum atomic E-state index is -0.104. The van der Waals surface area contributed by atoms with Crippen LogP contribution in [0, 0.1) is 13.8 Å². The van der Waals surface area contributed by atoms with Crippen LogP contribution in [-0.2, 0) is 5.41 Å². The molecule has 38 heavy (non-hydrogen) atoms. The fourth-order valence-electron chi connectivity index (χ4n) is 5.94. The minimum absolute atomic E-state index is 0.104. The van der Waals surface area contributed by atoms with Gasteiger partial charge in [0, 0.05) is 43.5 Å². The highest BCUT2D eigenvalue weighted by Crippen LogP contribution is 2.42. The molecule has 1 aromatic heterocycles. The fraction of sp³-hybridized carbons (Fsp3) is 0.143. The van der Waals surface area contributed by atoms with Crippen LogP contribution >= 0.6 is 12.6 Å². The highest BCUT2D eigenvalue weighted by molar-refractivity contribution is 7.80. The summed E-state index contributed by atoms with van der Waals surface area (Å²) in [6.45, 7) is 9.11. The number of benzene rings is 5. The molecule has 0 radical (unpaired) electrons. The zero-order valence-corrected chi connectivity index (χ0v) is 23.2. The van der Waals surface area contributed by atoms with E-state index in [-0.39, 0.29) is 5.41 Å². The van der Waals surface area contributed by atoms with Gasteiger partial charge in [-0.1, -0.05) is 74.5 Å². The van der Waals surface area contributed by atoms with E-state index in [9.17, 15) is 0 Å². The predicted molar refractivity (Wildman–Crippen MR) is 166 cm³/mol. The number of aromatic nitrogens is 1. The summed E-state index contributed by atoms with van der Waals surface area (Å²) in [6, 6.07) is 38.9. The van der Waals surface area contributed by atoms with Crippen LogP contribution in [0.4, 0.5) is 17.1 Å². The molecule has 2 nitrogen and oxygen atoms in total. The van der Waals surface area contributed by atoms with Gasteiger partial charge in [0.15, 0.2) is 0 Å². The summed E-state index contributed by atoms with van der Waals surface area (Å²) < 4.78 is 0. The van der Waals surface area contributed by atoms with Crippen LogP contribution < -0.4 is 4.90 Å². The van der Waals surface area contributed by atoms with Crippen LogP contribution in [0.5, 0.6) is 0 Å². The topological polar surface area (TPSA) is 19.0 Å². The summed E-state index contributed by atoms with van der Waals surface area (Å²) in [5, 5.41) is 2.49. The van der Waals surface area contributed by atoms with Crippen molar-refractivity contribution in [2.24, 2.45) is 0 Å². The number of rotatable bonds is 5. The molecule has 188 valence electrons. The molecule has 0 aliphatic heterocycles. The maximum Gasteiger partial charge on any atom is 0.0594 e. The van der Waals surface area contributed by atoms with Crippen molar-refractivity contribution in [3.63, 3.8) is 0 Å². The smallest absolute Gasteiger partial charge is 0.0594 e. The number of hydrogen-bond acceptors (Lipinski definition) is 2. The SMILES string of the molecule is Cc1ccccc1C(C)(C)c1cc2c(cc1C)[nH]c1cc(N(c3ccccc3)c3ccccc3S)ccc12. The number of aryl methyl sites for hydroxylation is 2. The molecular formula is C35H32N2S. The maximum atomic E-state index is 4.79. The van der Waals surface area contributed by atoms with Crippen molar-refractivity contribution in [1.29, 1.82) is 0 Å². The van der Waals surface area contributed by atoms with Crippen molar-refractivity contribution in [2.45, 2.75) is 38.0 Å². The molecule has 5 aromatic carbocycles. The summed E-state index contributed by atoms with van der Waals surface area (Å²) in [4.78, 5) is 6.92. The Labute approximate surface area is 230 Å². The Morgan fingerprint density at radius 1 is 0.605 bits per heavy atom. The Hall–Kier alpha value is -3.95. The van der Waals surface area contributed by atoms with Crippen molar-refractivity contribution in [2.75, 3.05) is 4.90 Å². The number of hydrogen-bond donors (Lipinski definition) is 2. The Morgan fingerprint density at radius 2 is 1.29 bits per heavy atom. The fourth-order valence-corrected chi connectivity index (χ4v) is 6.20. The molecule has 1 N–H and O–H groups in total. The molecular weight excluding hydrogens is 480 g/mol. The summed E-state index contributed by atoms with van der Waals surface area (Å²) in [5.41, 5.74) is 10.8. The zero-order valence-electron chi connectivity index (χ0n) is 22.3. The first-order valence-corrected chi connectivity index (χ1v) is 13.5. The first kappa shape index (κ1) is 24.4. The Balaban J connectivity index is 1.52. The zero-order chi connectivity index (χ0) is 26.4. The van der Waals surface area contributed by atoms with Gasteiger partial charge < -0.3 is 9.88 Å². The molecule has 1 heterocycles. The van der Waals surface area contributed by atoms with Gasteiger partial charge in [-0.3, -0.25) is 0 Å². The Kier molecular flexibility index (Phi) is 6.04. The maximum absolute atomic E-state index is 4.79. The predicted octanol–water partition coefficient (Wildman–Crippen LogP) is 10.0. The number of para-hydroxylation sites is 2. The van der Waals surface area contributed by atoms with Crippen molar-refractivity contribution < 1.29 is 0 Å². The molecule has 0 saturated carbocycles. The van der Waals surface area contributed by atoms with E-state index in [2.05, 4.69) is 129 Å². The van der Waals surface area contributed by atoms with Gasteiger partial charge in [-0.25, -0.2) is 0 Å². The molecule has 3 heteroatoms. The molecule has 0 amide bonds. The van der Waals surface area contributed by atoms with E-state index >= 15 is 0 Å². The second-order valence-corrected chi connectivity index (χ2v) is 11.1. The van der Waals surface area contributed by atoms with Crippen molar-refractivity contribution in [3.8, 4) is 0 Å². The Morgan fingerprint density at radius 3 is 2.05 bits per heavy atom. The van der Waals surface area contributed by atoms with Crippen LogP contribution in [0.1, 0.15) is 36.1 Å². The second-order valence-electron chi connectivity index (χ2n) is 10.7. The first-order chi connectivity index (χ1) is 18.3. The third-order valence-corrected chi connectivity index (χ3v) is 8.19. The summed E-state index contributed by atoms with van der Waals surface area (Å²) in [6.07, 6.45) is 0. The van der Waals surface area contributed by atoms with Crippen LogP contribution in [-0.4, -0.2) is 4.98 Å². The molecule has 0 aliphatic carbocycles. The van der Waals surface area contributed by atoms with Crippen LogP contribution in [0.2, 0.25) is 0 Å². The summed E-state index contributed by atoms with van der Waals surface area (Å²) >= 11 is 4.79. The van der Waals surface area contributed by atoms with Gasteiger partial charge in [0.25, 0.3) is 0 Å². The third-order valence-electron chi connectivity index (χ3n) is 7.81. The lowest BCUT2D eigenvalue weighted by molar-refractivity contribution is 0.632. The second kappa shape index (κ2) is 9.41. The van der Waals surface area contributed by atoms with Gasteiger partial charge in [-0.2, -0.15) is 0 Å². The van der Waals surface area contributed by atoms with E-state index in [0.717, 1.165) is 27.5 Å². The molecule has 0 bridgehead atoms. The number of thiol groups is 1. The monoisotopic (exact) mass is 512 g/mol. The first-order valence-electron chi connectivity index (χ1n) is 13.1. The minimum Gasteiger partial charge on any atom is -0.354 e. The van der Waals surface area contributed by atoms with E-state index in [1.807, 2.05) is 18.2 Å². The number of H-pyrrole nitrogens is 1. The average Bonchev–Trinajstić information content (AvgIpc) is 3.26. The van der Waals surface area contributed by atoms with Crippen molar-refractivity contribution in [1.82, 2.24) is 4.98 Å². The largest absolute Gasteiger partial charge is 0.354 e. The number of aromatic amines is 1. The summed E-state index contributed by atoms with van der Waals surface area (Å²) in [7, 11) is 0. The van der Waals surface area contributed by atoms with E-state index in [4.69, 9.17) is 12.6 Å². The van der Waals surface area contributed by atoms with Gasteiger partial charge in [0.05, 0.1) is 5.69 Å². The van der Waals surface area contributed by atoms with E-state index in [0.29, 0.717) is 0 Å². The Bertz CT molecular complexity index is 1780. The van der Waals surface area contributed by atoms with E-state index in [1.54, 1.807) is 0 Å². The molecule has 0 fully saturated rings.